The highest BCUT2D eigenvalue weighted by atomic mass is 32.1. The molecule has 1 aliphatic rings. The lowest BCUT2D eigenvalue weighted by Gasteiger charge is -2.14. The summed E-state index contributed by atoms with van der Waals surface area (Å²) < 4.78 is 24.9. The molecule has 8 heteroatoms. The maximum atomic E-state index is 6.32. The van der Waals surface area contributed by atoms with Gasteiger partial charge in [0.1, 0.15) is 29.4 Å². The summed E-state index contributed by atoms with van der Waals surface area (Å²) in [5, 5.41) is 5.77. The second-order valence-corrected chi connectivity index (χ2v) is 10.4. The number of rotatable bonds is 9. The number of ether oxygens (including phenoxy) is 3. The van der Waals surface area contributed by atoms with Crippen LogP contribution in [0.15, 0.2) is 65.2 Å². The molecule has 1 saturated carbocycles. The van der Waals surface area contributed by atoms with E-state index in [0.29, 0.717) is 46.3 Å². The van der Waals surface area contributed by atoms with Gasteiger partial charge in [-0.1, -0.05) is 49.3 Å². The molecule has 0 amide bonds. The van der Waals surface area contributed by atoms with Crippen LogP contribution in [0.2, 0.25) is 0 Å². The Bertz CT molecular complexity index is 1540. The molecule has 2 aromatic carbocycles. The van der Waals surface area contributed by atoms with Gasteiger partial charge >= 0.3 is 0 Å². The van der Waals surface area contributed by atoms with Crippen molar-refractivity contribution in [3.05, 3.63) is 71.9 Å². The van der Waals surface area contributed by atoms with Crippen molar-refractivity contribution in [2.24, 2.45) is 5.92 Å². The standard InChI is InChI=1S/C29H29N3O4S/c1-18(21-9-4-5-10-21)11-19-7-6-8-20(12-19)17-35-25-13-22(33-2)14-26-23(25)15-27(36-26)24-16-32-28(30-24)37-29(31-32)34-3/h6-8,12-16,21H,1,4-5,9-11,17H2,2-3H3. The van der Waals surface area contributed by atoms with Crippen LogP contribution < -0.4 is 14.2 Å². The van der Waals surface area contributed by atoms with Gasteiger partial charge < -0.3 is 18.6 Å². The lowest BCUT2D eigenvalue weighted by atomic mass is 9.93. The van der Waals surface area contributed by atoms with Gasteiger partial charge in [-0.3, -0.25) is 0 Å². The van der Waals surface area contributed by atoms with Crippen LogP contribution in [0.4, 0.5) is 0 Å². The van der Waals surface area contributed by atoms with Crippen LogP contribution in [-0.2, 0) is 13.0 Å². The van der Waals surface area contributed by atoms with E-state index in [1.54, 1.807) is 18.7 Å². The number of benzene rings is 2. The number of hydrogen-bond donors (Lipinski definition) is 0. The molecule has 1 aliphatic carbocycles. The molecule has 37 heavy (non-hydrogen) atoms. The number of methoxy groups -OCH3 is 2. The number of allylic oxidation sites excluding steroid dienone is 1. The second kappa shape index (κ2) is 9.94. The summed E-state index contributed by atoms with van der Waals surface area (Å²) in [4.78, 5) is 5.37. The van der Waals surface area contributed by atoms with Gasteiger partial charge in [0.15, 0.2) is 5.76 Å². The molecule has 1 fully saturated rings. The fourth-order valence-electron chi connectivity index (χ4n) is 5.06. The molecule has 0 bridgehead atoms. The Morgan fingerprint density at radius 2 is 1.95 bits per heavy atom. The topological polar surface area (TPSA) is 71.0 Å². The van der Waals surface area contributed by atoms with E-state index in [9.17, 15) is 0 Å². The number of fused-ring (bicyclic) bond motifs is 2. The summed E-state index contributed by atoms with van der Waals surface area (Å²) in [6.45, 7) is 4.82. The van der Waals surface area contributed by atoms with E-state index < -0.39 is 0 Å². The van der Waals surface area contributed by atoms with E-state index in [1.165, 1.54) is 48.2 Å². The smallest absolute Gasteiger partial charge is 0.294 e. The van der Waals surface area contributed by atoms with Gasteiger partial charge in [-0.25, -0.2) is 9.50 Å². The van der Waals surface area contributed by atoms with E-state index in [1.807, 2.05) is 24.4 Å². The van der Waals surface area contributed by atoms with Crippen LogP contribution in [0.5, 0.6) is 16.7 Å². The van der Waals surface area contributed by atoms with E-state index >= 15 is 0 Å². The molecule has 190 valence electrons. The van der Waals surface area contributed by atoms with Gasteiger partial charge in [0.25, 0.3) is 5.19 Å². The summed E-state index contributed by atoms with van der Waals surface area (Å²) in [5.74, 6) is 2.68. The molecule has 0 unspecified atom stereocenters. The van der Waals surface area contributed by atoms with E-state index in [-0.39, 0.29) is 0 Å². The van der Waals surface area contributed by atoms with Crippen LogP contribution in [0.1, 0.15) is 36.8 Å². The van der Waals surface area contributed by atoms with Crippen LogP contribution in [0, 0.1) is 5.92 Å². The summed E-state index contributed by atoms with van der Waals surface area (Å²) in [6, 6.07) is 14.3. The van der Waals surface area contributed by atoms with Crippen molar-refractivity contribution in [3.63, 3.8) is 0 Å². The molecule has 7 nitrogen and oxygen atoms in total. The maximum Gasteiger partial charge on any atom is 0.294 e. The predicted molar refractivity (Wildman–Crippen MR) is 145 cm³/mol. The first-order valence-corrected chi connectivity index (χ1v) is 13.3. The number of aromatic nitrogens is 3. The van der Waals surface area contributed by atoms with Crippen molar-refractivity contribution < 1.29 is 18.6 Å². The van der Waals surface area contributed by atoms with Gasteiger partial charge in [-0.2, -0.15) is 0 Å². The maximum absolute atomic E-state index is 6.32. The van der Waals surface area contributed by atoms with Crippen LogP contribution in [-0.4, -0.2) is 28.8 Å². The highest BCUT2D eigenvalue weighted by Crippen LogP contribution is 2.38. The zero-order chi connectivity index (χ0) is 25.4. The van der Waals surface area contributed by atoms with Gasteiger partial charge in [0.05, 0.1) is 25.8 Å². The Balaban J connectivity index is 1.23. The number of furan rings is 1. The molecule has 5 aromatic rings. The van der Waals surface area contributed by atoms with Crippen molar-refractivity contribution >= 4 is 27.3 Å². The van der Waals surface area contributed by atoms with Crippen molar-refractivity contribution in [1.29, 1.82) is 0 Å². The first kappa shape index (κ1) is 23.6. The molecule has 0 aliphatic heterocycles. The summed E-state index contributed by atoms with van der Waals surface area (Å²) >= 11 is 1.37. The summed E-state index contributed by atoms with van der Waals surface area (Å²) in [5.41, 5.74) is 5.12. The van der Waals surface area contributed by atoms with Gasteiger partial charge in [-0.05, 0) is 53.7 Å². The van der Waals surface area contributed by atoms with Crippen molar-refractivity contribution in [1.82, 2.24) is 14.6 Å². The van der Waals surface area contributed by atoms with Crippen LogP contribution in [0.25, 0.3) is 27.4 Å². The third kappa shape index (κ3) is 4.81. The number of imidazole rings is 1. The Labute approximate surface area is 219 Å². The van der Waals surface area contributed by atoms with E-state index in [0.717, 1.165) is 22.3 Å². The zero-order valence-corrected chi connectivity index (χ0v) is 21.8. The highest BCUT2D eigenvalue weighted by Gasteiger charge is 2.19. The van der Waals surface area contributed by atoms with E-state index in [4.69, 9.17) is 18.6 Å². The average molecular weight is 516 g/mol. The minimum absolute atomic E-state index is 0.441. The van der Waals surface area contributed by atoms with Crippen molar-refractivity contribution in [3.8, 4) is 28.1 Å². The van der Waals surface area contributed by atoms with Crippen LogP contribution in [0.3, 0.4) is 0 Å². The fraction of sp³-hybridized carbons (Fsp3) is 0.310. The summed E-state index contributed by atoms with van der Waals surface area (Å²) in [7, 11) is 3.23. The molecule has 0 atom stereocenters. The molecule has 6 rings (SSSR count). The SMILES string of the molecule is C=C(Cc1cccc(COc2cc(OC)cc3oc(-c4cn5nc(OC)sc5n4)cc23)c1)C1CCCC1. The predicted octanol–water partition coefficient (Wildman–Crippen LogP) is 7.09. The third-order valence-corrected chi connectivity index (χ3v) is 7.89. The van der Waals surface area contributed by atoms with Gasteiger partial charge in [-0.15, -0.1) is 5.10 Å². The zero-order valence-electron chi connectivity index (χ0n) is 21.0. The minimum atomic E-state index is 0.441. The molecular formula is C29H29N3O4S. The first-order chi connectivity index (χ1) is 18.1. The number of hydrogen-bond acceptors (Lipinski definition) is 7. The minimum Gasteiger partial charge on any atom is -0.496 e. The quantitative estimate of drug-likeness (QED) is 0.195. The van der Waals surface area contributed by atoms with Crippen molar-refractivity contribution in [2.75, 3.05) is 14.2 Å². The third-order valence-electron chi connectivity index (χ3n) is 7.01. The summed E-state index contributed by atoms with van der Waals surface area (Å²) in [6.07, 6.45) is 7.97. The fourth-order valence-corrected chi connectivity index (χ4v) is 5.76. The molecule has 0 saturated heterocycles. The lowest BCUT2D eigenvalue weighted by Crippen LogP contribution is -2.02. The Kier molecular flexibility index (Phi) is 6.34. The number of nitrogens with zero attached hydrogens (tertiary/aromatic N) is 3. The van der Waals surface area contributed by atoms with E-state index in [2.05, 4.69) is 40.9 Å². The molecule has 0 spiro atoms. The Morgan fingerprint density at radius 3 is 2.73 bits per heavy atom. The van der Waals surface area contributed by atoms with Gasteiger partial charge in [0.2, 0.25) is 4.96 Å². The monoisotopic (exact) mass is 515 g/mol. The molecule has 3 aromatic heterocycles. The highest BCUT2D eigenvalue weighted by molar-refractivity contribution is 7.18. The van der Waals surface area contributed by atoms with Crippen molar-refractivity contribution in [2.45, 2.75) is 38.7 Å². The van der Waals surface area contributed by atoms with Gasteiger partial charge in [0, 0.05) is 12.1 Å². The first-order valence-electron chi connectivity index (χ1n) is 12.5. The molecule has 0 N–H and O–H groups in total. The largest absolute Gasteiger partial charge is 0.496 e. The molecule has 0 radical (unpaired) electrons. The lowest BCUT2D eigenvalue weighted by molar-refractivity contribution is 0.307. The Morgan fingerprint density at radius 1 is 1.11 bits per heavy atom. The van der Waals surface area contributed by atoms with Crippen LogP contribution >= 0.6 is 11.3 Å². The second-order valence-electron chi connectivity index (χ2n) is 9.50. The average Bonchev–Trinajstić information content (AvgIpc) is 3.70. The molecular weight excluding hydrogens is 486 g/mol. The Hall–Kier alpha value is -3.78. The molecule has 3 heterocycles. The normalized spacial score (nSPS) is 14.0.